The molecule has 0 heterocycles. The zero-order valence-corrected chi connectivity index (χ0v) is 16.2. The number of likely N-dealkylation sites (N-methyl/N-ethyl adjacent to an activating group) is 1. The number of carbonyl (C=O) groups is 2. The average molecular weight is 357 g/mol. The van der Waals surface area contributed by atoms with Crippen LogP contribution in [0.4, 0.5) is 0 Å². The van der Waals surface area contributed by atoms with Crippen molar-refractivity contribution in [2.75, 3.05) is 20.6 Å². The van der Waals surface area contributed by atoms with Gasteiger partial charge in [0, 0.05) is 25.7 Å². The second-order valence-electron chi connectivity index (χ2n) is 7.02. The van der Waals surface area contributed by atoms with Crippen LogP contribution in [0.5, 0.6) is 0 Å². The van der Waals surface area contributed by atoms with Crippen molar-refractivity contribution in [2.45, 2.75) is 51.6 Å². The number of allylic oxidation sites excluding steroid dienone is 1. The zero-order valence-electron chi connectivity index (χ0n) is 16.2. The second kappa shape index (κ2) is 10.1. The van der Waals surface area contributed by atoms with Crippen molar-refractivity contribution in [3.63, 3.8) is 0 Å². The predicted molar refractivity (Wildman–Crippen MR) is 105 cm³/mol. The molecule has 0 aromatic heterocycles. The molecule has 0 bridgehead atoms. The Hall–Kier alpha value is -2.14. The first-order chi connectivity index (χ1) is 12.5. The normalized spacial score (nSPS) is 15.3. The summed E-state index contributed by atoms with van der Waals surface area (Å²) < 4.78 is 0. The summed E-state index contributed by atoms with van der Waals surface area (Å²) in [6, 6.07) is 7.28. The first-order valence-electron chi connectivity index (χ1n) is 9.48. The molecule has 1 aliphatic rings. The molecule has 142 valence electrons. The molecule has 5 nitrogen and oxygen atoms in total. The quantitative estimate of drug-likeness (QED) is 0.703. The molecule has 0 aliphatic heterocycles. The van der Waals surface area contributed by atoms with Crippen molar-refractivity contribution in [2.24, 2.45) is 0 Å². The number of benzene rings is 1. The SMILES string of the molecule is CNC(=O)c1ccc(CN(C)[C@@H](C)C(=O)NCCC2=CCCCC2)cc1. The topological polar surface area (TPSA) is 61.4 Å². The Labute approximate surface area is 156 Å². The highest BCUT2D eigenvalue weighted by molar-refractivity contribution is 5.93. The Morgan fingerprint density at radius 1 is 1.19 bits per heavy atom. The van der Waals surface area contributed by atoms with Gasteiger partial charge in [0.1, 0.15) is 0 Å². The molecule has 2 N–H and O–H groups in total. The maximum Gasteiger partial charge on any atom is 0.251 e. The Bertz CT molecular complexity index is 637. The van der Waals surface area contributed by atoms with Gasteiger partial charge in [-0.2, -0.15) is 0 Å². The van der Waals surface area contributed by atoms with Crippen molar-refractivity contribution in [3.8, 4) is 0 Å². The van der Waals surface area contributed by atoms with Gasteiger partial charge in [-0.3, -0.25) is 14.5 Å². The van der Waals surface area contributed by atoms with E-state index in [4.69, 9.17) is 0 Å². The fourth-order valence-electron chi connectivity index (χ4n) is 3.16. The van der Waals surface area contributed by atoms with Crippen LogP contribution >= 0.6 is 0 Å². The van der Waals surface area contributed by atoms with Gasteiger partial charge in [0.25, 0.3) is 5.91 Å². The minimum atomic E-state index is -0.200. The second-order valence-corrected chi connectivity index (χ2v) is 7.02. The molecule has 0 fully saturated rings. The van der Waals surface area contributed by atoms with E-state index in [2.05, 4.69) is 16.7 Å². The summed E-state index contributed by atoms with van der Waals surface area (Å²) in [5.41, 5.74) is 3.20. The molecule has 1 aromatic carbocycles. The Morgan fingerprint density at radius 2 is 1.92 bits per heavy atom. The molecule has 26 heavy (non-hydrogen) atoms. The van der Waals surface area contributed by atoms with Crippen LogP contribution in [-0.2, 0) is 11.3 Å². The van der Waals surface area contributed by atoms with Gasteiger partial charge in [-0.15, -0.1) is 0 Å². The van der Waals surface area contributed by atoms with Crippen LogP contribution in [0.2, 0.25) is 0 Å². The van der Waals surface area contributed by atoms with Gasteiger partial charge in [0.05, 0.1) is 6.04 Å². The maximum absolute atomic E-state index is 12.4. The summed E-state index contributed by atoms with van der Waals surface area (Å²) in [7, 11) is 3.57. The van der Waals surface area contributed by atoms with Crippen molar-refractivity contribution in [3.05, 3.63) is 47.0 Å². The number of hydrogen-bond acceptors (Lipinski definition) is 3. The summed E-state index contributed by atoms with van der Waals surface area (Å²) in [4.78, 5) is 26.0. The molecule has 1 aromatic rings. The van der Waals surface area contributed by atoms with Crippen LogP contribution < -0.4 is 10.6 Å². The van der Waals surface area contributed by atoms with E-state index in [0.717, 1.165) is 12.0 Å². The lowest BCUT2D eigenvalue weighted by molar-refractivity contribution is -0.125. The molecule has 0 saturated carbocycles. The minimum Gasteiger partial charge on any atom is -0.355 e. The smallest absolute Gasteiger partial charge is 0.251 e. The Balaban J connectivity index is 1.78. The highest BCUT2D eigenvalue weighted by atomic mass is 16.2. The van der Waals surface area contributed by atoms with Crippen LogP contribution in [0.1, 0.15) is 54.9 Å². The van der Waals surface area contributed by atoms with Crippen molar-refractivity contribution < 1.29 is 9.59 Å². The molecule has 0 unspecified atom stereocenters. The Morgan fingerprint density at radius 3 is 2.54 bits per heavy atom. The lowest BCUT2D eigenvalue weighted by atomic mass is 9.97. The molecule has 1 atom stereocenters. The van der Waals surface area contributed by atoms with Crippen LogP contribution in [-0.4, -0.2) is 43.4 Å². The summed E-state index contributed by atoms with van der Waals surface area (Å²) in [5, 5.41) is 5.67. The van der Waals surface area contributed by atoms with Crippen molar-refractivity contribution >= 4 is 11.8 Å². The van der Waals surface area contributed by atoms with E-state index in [-0.39, 0.29) is 17.9 Å². The van der Waals surface area contributed by atoms with Crippen molar-refractivity contribution in [1.29, 1.82) is 0 Å². The van der Waals surface area contributed by atoms with Gasteiger partial charge in [0.15, 0.2) is 0 Å². The molecule has 0 spiro atoms. The molecule has 0 saturated heterocycles. The summed E-state index contributed by atoms with van der Waals surface area (Å²) in [6.07, 6.45) is 8.22. The van der Waals surface area contributed by atoms with E-state index < -0.39 is 0 Å². The van der Waals surface area contributed by atoms with E-state index in [0.29, 0.717) is 18.7 Å². The number of carbonyl (C=O) groups excluding carboxylic acids is 2. The lowest BCUT2D eigenvalue weighted by Gasteiger charge is -2.24. The fourth-order valence-corrected chi connectivity index (χ4v) is 3.16. The molecule has 5 heteroatoms. The highest BCUT2D eigenvalue weighted by Crippen LogP contribution is 2.19. The first kappa shape index (κ1) is 20.2. The maximum atomic E-state index is 12.4. The number of nitrogens with zero attached hydrogens (tertiary/aromatic N) is 1. The van der Waals surface area contributed by atoms with Crippen LogP contribution in [0.3, 0.4) is 0 Å². The van der Waals surface area contributed by atoms with Crippen LogP contribution in [0.15, 0.2) is 35.9 Å². The van der Waals surface area contributed by atoms with Gasteiger partial charge < -0.3 is 10.6 Å². The van der Waals surface area contributed by atoms with E-state index in [9.17, 15) is 9.59 Å². The molecule has 2 amide bonds. The monoisotopic (exact) mass is 357 g/mol. The van der Waals surface area contributed by atoms with Gasteiger partial charge in [0.2, 0.25) is 5.91 Å². The number of nitrogens with one attached hydrogen (secondary N) is 2. The first-order valence-corrected chi connectivity index (χ1v) is 9.48. The highest BCUT2D eigenvalue weighted by Gasteiger charge is 2.18. The lowest BCUT2D eigenvalue weighted by Crippen LogP contribution is -2.43. The summed E-state index contributed by atoms with van der Waals surface area (Å²) in [6.45, 7) is 3.30. The predicted octanol–water partition coefficient (Wildman–Crippen LogP) is 2.87. The number of rotatable bonds is 8. The standard InChI is InChI=1S/C21H31N3O2/c1-16(20(25)23-14-13-17-7-5-4-6-8-17)24(3)15-18-9-11-19(12-10-18)21(26)22-2/h7,9-12,16H,4-6,8,13-15H2,1-3H3,(H,22,26)(H,23,25)/t16-/m0/s1. The molecule has 2 rings (SSSR count). The van der Waals surface area contributed by atoms with Gasteiger partial charge in [-0.1, -0.05) is 23.8 Å². The number of amides is 2. The van der Waals surface area contributed by atoms with Gasteiger partial charge in [-0.05, 0) is 63.8 Å². The van der Waals surface area contributed by atoms with Gasteiger partial charge >= 0.3 is 0 Å². The molecular weight excluding hydrogens is 326 g/mol. The third kappa shape index (κ3) is 5.99. The molecule has 0 radical (unpaired) electrons. The fraction of sp³-hybridized carbons (Fsp3) is 0.524. The van der Waals surface area contributed by atoms with Crippen LogP contribution in [0.25, 0.3) is 0 Å². The molecule has 1 aliphatic carbocycles. The van der Waals surface area contributed by atoms with E-state index in [1.54, 1.807) is 7.05 Å². The largest absolute Gasteiger partial charge is 0.355 e. The van der Waals surface area contributed by atoms with E-state index >= 15 is 0 Å². The van der Waals surface area contributed by atoms with Crippen LogP contribution in [0, 0.1) is 0 Å². The molecular formula is C21H31N3O2. The summed E-state index contributed by atoms with van der Waals surface area (Å²) >= 11 is 0. The van der Waals surface area contributed by atoms with E-state index in [1.807, 2.05) is 43.1 Å². The third-order valence-corrected chi connectivity index (χ3v) is 5.05. The van der Waals surface area contributed by atoms with Crippen molar-refractivity contribution in [1.82, 2.24) is 15.5 Å². The average Bonchev–Trinajstić information content (AvgIpc) is 2.68. The minimum absolute atomic E-state index is 0.0610. The Kier molecular flexibility index (Phi) is 7.85. The summed E-state index contributed by atoms with van der Waals surface area (Å²) in [5.74, 6) is -0.0309. The van der Waals surface area contributed by atoms with E-state index in [1.165, 1.54) is 31.3 Å². The zero-order chi connectivity index (χ0) is 18.9. The number of hydrogen-bond donors (Lipinski definition) is 2. The third-order valence-electron chi connectivity index (χ3n) is 5.05. The van der Waals surface area contributed by atoms with Gasteiger partial charge in [-0.25, -0.2) is 0 Å².